The van der Waals surface area contributed by atoms with Crippen LogP contribution in [0.3, 0.4) is 0 Å². The van der Waals surface area contributed by atoms with Crippen LogP contribution in [0.1, 0.15) is 83.4 Å². The number of carbonyl (C=O) groups excluding carboxylic acids is 1. The van der Waals surface area contributed by atoms with E-state index in [9.17, 15) is 4.79 Å². The summed E-state index contributed by atoms with van der Waals surface area (Å²) in [6.07, 6.45) is 6.88. The molecule has 3 heteroatoms. The number of hydrogen-bond donors (Lipinski definition) is 0. The lowest BCUT2D eigenvalue weighted by Crippen LogP contribution is -2.46. The molecule has 2 atom stereocenters. The van der Waals surface area contributed by atoms with Gasteiger partial charge in [-0.25, -0.2) is 0 Å². The van der Waals surface area contributed by atoms with Crippen molar-refractivity contribution in [2.45, 2.75) is 76.3 Å². The van der Waals surface area contributed by atoms with Gasteiger partial charge >= 0.3 is 0 Å². The number of aryl methyl sites for hydroxylation is 2. The fourth-order valence-corrected chi connectivity index (χ4v) is 5.04. The van der Waals surface area contributed by atoms with Crippen molar-refractivity contribution in [1.82, 2.24) is 4.90 Å². The van der Waals surface area contributed by atoms with Gasteiger partial charge in [-0.05, 0) is 69.9 Å². The van der Waals surface area contributed by atoms with Gasteiger partial charge in [-0.2, -0.15) is 0 Å². The van der Waals surface area contributed by atoms with Crippen molar-refractivity contribution in [2.24, 2.45) is 0 Å². The second kappa shape index (κ2) is 6.00. The molecule has 1 amide bonds. The van der Waals surface area contributed by atoms with Crippen molar-refractivity contribution in [3.63, 3.8) is 0 Å². The number of fused-ring (bicyclic) bond motifs is 2. The fourth-order valence-electron chi connectivity index (χ4n) is 5.04. The van der Waals surface area contributed by atoms with E-state index < -0.39 is 0 Å². The van der Waals surface area contributed by atoms with Crippen molar-refractivity contribution in [2.75, 3.05) is 0 Å². The summed E-state index contributed by atoms with van der Waals surface area (Å²) in [6, 6.07) is 11.8. The highest BCUT2D eigenvalue weighted by atomic mass is 16.3. The Morgan fingerprint density at radius 1 is 0.962 bits per heavy atom. The van der Waals surface area contributed by atoms with Crippen LogP contribution in [0, 0.1) is 13.8 Å². The van der Waals surface area contributed by atoms with Gasteiger partial charge in [0.05, 0.1) is 5.56 Å². The highest BCUT2D eigenvalue weighted by molar-refractivity contribution is 5.96. The van der Waals surface area contributed by atoms with Crippen LogP contribution in [0.15, 0.2) is 34.7 Å². The zero-order valence-corrected chi connectivity index (χ0v) is 15.7. The molecule has 1 aliphatic carbocycles. The van der Waals surface area contributed by atoms with Gasteiger partial charge < -0.3 is 9.32 Å². The fraction of sp³-hybridized carbons (Fsp3) is 0.522. The van der Waals surface area contributed by atoms with E-state index in [1.807, 2.05) is 13.0 Å². The number of furan rings is 1. The summed E-state index contributed by atoms with van der Waals surface area (Å²) in [5.41, 5.74) is 3.55. The molecule has 3 fully saturated rings. The minimum absolute atomic E-state index is 0.202. The average Bonchev–Trinajstić information content (AvgIpc) is 3.36. The van der Waals surface area contributed by atoms with Crippen molar-refractivity contribution < 1.29 is 9.21 Å². The minimum atomic E-state index is 0.202. The summed E-state index contributed by atoms with van der Waals surface area (Å²) in [7, 11) is 0. The summed E-state index contributed by atoms with van der Waals surface area (Å²) in [5.74, 6) is 3.17. The van der Waals surface area contributed by atoms with Crippen molar-refractivity contribution in [3.05, 3.63) is 58.5 Å². The molecule has 2 aromatic rings. The Bertz CT molecular complexity index is 816. The average molecular weight is 349 g/mol. The smallest absolute Gasteiger partial charge is 0.257 e. The van der Waals surface area contributed by atoms with Crippen LogP contribution in [-0.2, 0) is 0 Å². The van der Waals surface area contributed by atoms with Gasteiger partial charge in [0.2, 0.25) is 0 Å². The normalized spacial score (nSPS) is 27.8. The quantitative estimate of drug-likeness (QED) is 0.751. The Morgan fingerprint density at radius 2 is 1.62 bits per heavy atom. The van der Waals surface area contributed by atoms with E-state index in [0.717, 1.165) is 42.8 Å². The Labute approximate surface area is 155 Å². The molecule has 2 saturated heterocycles. The molecule has 26 heavy (non-hydrogen) atoms. The third kappa shape index (κ3) is 2.69. The molecule has 0 spiro atoms. The molecule has 3 heterocycles. The molecule has 1 saturated carbocycles. The van der Waals surface area contributed by atoms with E-state index in [0.29, 0.717) is 23.9 Å². The predicted octanol–water partition coefficient (Wildman–Crippen LogP) is 5.32. The lowest BCUT2D eigenvalue weighted by Gasteiger charge is -2.39. The highest BCUT2D eigenvalue weighted by Gasteiger charge is 2.44. The molecule has 2 bridgehead atoms. The summed E-state index contributed by atoms with van der Waals surface area (Å²) < 4.78 is 5.90. The standard InChI is InChI=1S/C23H27NO2/c1-14-3-5-16(6-4-14)18-11-19-9-10-20(12-18)24(19)23(25)21-13-22(17-7-8-17)26-15(21)2/h3-6,13,17-20H,7-12H2,1-2H3/t19-,20-/m1/s1. The number of hydrogen-bond acceptors (Lipinski definition) is 2. The van der Waals surface area contributed by atoms with Gasteiger partial charge in [0.1, 0.15) is 11.5 Å². The van der Waals surface area contributed by atoms with Crippen LogP contribution in [0.25, 0.3) is 0 Å². The van der Waals surface area contributed by atoms with Gasteiger partial charge in [0, 0.05) is 18.0 Å². The van der Waals surface area contributed by atoms with Crippen LogP contribution >= 0.6 is 0 Å². The molecule has 5 rings (SSSR count). The molecule has 3 aliphatic rings. The number of nitrogens with zero attached hydrogens (tertiary/aromatic N) is 1. The molecule has 3 nitrogen and oxygen atoms in total. The molecule has 1 aromatic carbocycles. The third-order valence-electron chi connectivity index (χ3n) is 6.66. The van der Waals surface area contributed by atoms with Gasteiger partial charge in [-0.1, -0.05) is 29.8 Å². The number of carbonyl (C=O) groups is 1. The largest absolute Gasteiger partial charge is 0.465 e. The van der Waals surface area contributed by atoms with Crippen LogP contribution in [0.4, 0.5) is 0 Å². The maximum atomic E-state index is 13.3. The van der Waals surface area contributed by atoms with Crippen LogP contribution < -0.4 is 0 Å². The Hall–Kier alpha value is -2.03. The molecular weight excluding hydrogens is 322 g/mol. The van der Waals surface area contributed by atoms with E-state index in [1.165, 1.54) is 24.0 Å². The van der Waals surface area contributed by atoms with Crippen LogP contribution in [0.2, 0.25) is 0 Å². The second-order valence-corrected chi connectivity index (χ2v) is 8.57. The topological polar surface area (TPSA) is 33.5 Å². The van der Waals surface area contributed by atoms with Crippen molar-refractivity contribution in [3.8, 4) is 0 Å². The Kier molecular flexibility index (Phi) is 3.73. The zero-order valence-electron chi connectivity index (χ0n) is 15.7. The maximum Gasteiger partial charge on any atom is 0.257 e. The lowest BCUT2D eigenvalue weighted by atomic mass is 9.84. The third-order valence-corrected chi connectivity index (χ3v) is 6.66. The first kappa shape index (κ1) is 16.2. The van der Waals surface area contributed by atoms with Crippen LogP contribution in [0.5, 0.6) is 0 Å². The van der Waals surface area contributed by atoms with E-state index in [1.54, 1.807) is 0 Å². The first-order valence-corrected chi connectivity index (χ1v) is 10.1. The molecular formula is C23H27NO2. The number of benzene rings is 1. The monoisotopic (exact) mass is 349 g/mol. The first-order valence-electron chi connectivity index (χ1n) is 10.1. The second-order valence-electron chi connectivity index (χ2n) is 8.57. The van der Waals surface area contributed by atoms with Gasteiger partial charge in [0.15, 0.2) is 0 Å². The van der Waals surface area contributed by atoms with Crippen molar-refractivity contribution >= 4 is 5.91 Å². The molecule has 0 unspecified atom stereocenters. The summed E-state index contributed by atoms with van der Waals surface area (Å²) in [5, 5.41) is 0. The van der Waals surface area contributed by atoms with E-state index >= 15 is 0 Å². The number of piperidine rings is 1. The van der Waals surface area contributed by atoms with Gasteiger partial charge in [-0.15, -0.1) is 0 Å². The maximum absolute atomic E-state index is 13.3. The van der Waals surface area contributed by atoms with E-state index in [4.69, 9.17) is 4.42 Å². The molecule has 2 aliphatic heterocycles. The van der Waals surface area contributed by atoms with E-state index in [-0.39, 0.29) is 5.91 Å². The molecule has 136 valence electrons. The number of amides is 1. The predicted molar refractivity (Wildman–Crippen MR) is 102 cm³/mol. The molecule has 1 aromatic heterocycles. The van der Waals surface area contributed by atoms with Crippen molar-refractivity contribution in [1.29, 1.82) is 0 Å². The van der Waals surface area contributed by atoms with E-state index in [2.05, 4.69) is 36.1 Å². The van der Waals surface area contributed by atoms with Crippen LogP contribution in [-0.4, -0.2) is 22.9 Å². The summed E-state index contributed by atoms with van der Waals surface area (Å²) in [6.45, 7) is 4.08. The van der Waals surface area contributed by atoms with Gasteiger partial charge in [-0.3, -0.25) is 4.79 Å². The molecule has 0 N–H and O–H groups in total. The number of rotatable bonds is 3. The SMILES string of the molecule is Cc1ccc(C2C[C@H]3CC[C@H](C2)N3C(=O)c2cc(C3CC3)oc2C)cc1. The summed E-state index contributed by atoms with van der Waals surface area (Å²) in [4.78, 5) is 15.5. The minimum Gasteiger partial charge on any atom is -0.465 e. The Balaban J connectivity index is 1.36. The highest BCUT2D eigenvalue weighted by Crippen LogP contribution is 2.45. The Morgan fingerprint density at radius 3 is 2.23 bits per heavy atom. The summed E-state index contributed by atoms with van der Waals surface area (Å²) >= 11 is 0. The first-order chi connectivity index (χ1) is 12.6. The molecule has 0 radical (unpaired) electrons. The van der Waals surface area contributed by atoms with Gasteiger partial charge in [0.25, 0.3) is 5.91 Å². The zero-order chi connectivity index (χ0) is 17.8. The lowest BCUT2D eigenvalue weighted by molar-refractivity contribution is 0.0569.